The maximum atomic E-state index is 13.2. The number of anilines is 1. The Hall–Kier alpha value is -3.20. The van der Waals surface area contributed by atoms with Crippen molar-refractivity contribution in [3.63, 3.8) is 0 Å². The number of hydrogen-bond donors (Lipinski definition) is 2. The molecule has 1 aliphatic heterocycles. The maximum absolute atomic E-state index is 13.2. The molecule has 1 amide bonds. The van der Waals surface area contributed by atoms with Crippen LogP contribution < -0.4 is 10.9 Å². The second-order valence-electron chi connectivity index (χ2n) is 10.5. The highest BCUT2D eigenvalue weighted by Gasteiger charge is 2.39. The van der Waals surface area contributed by atoms with Gasteiger partial charge in [0.05, 0.1) is 24.0 Å². The van der Waals surface area contributed by atoms with E-state index >= 15 is 0 Å². The zero-order valence-corrected chi connectivity index (χ0v) is 19.9. The molecule has 9 nitrogen and oxygen atoms in total. The second-order valence-corrected chi connectivity index (χ2v) is 10.5. The van der Waals surface area contributed by atoms with Gasteiger partial charge in [-0.25, -0.2) is 9.67 Å². The van der Waals surface area contributed by atoms with Gasteiger partial charge in [-0.3, -0.25) is 14.2 Å². The number of nitrogens with zero attached hydrogens (tertiary/aromatic N) is 5. The van der Waals surface area contributed by atoms with Gasteiger partial charge in [-0.05, 0) is 56.7 Å². The summed E-state index contributed by atoms with van der Waals surface area (Å²) in [5, 5.41) is 19.6. The van der Waals surface area contributed by atoms with E-state index in [4.69, 9.17) is 0 Å². The third-order valence-electron chi connectivity index (χ3n) is 7.77. The third kappa shape index (κ3) is 4.45. The number of amides is 1. The van der Waals surface area contributed by atoms with E-state index in [9.17, 15) is 14.7 Å². The van der Waals surface area contributed by atoms with Crippen LogP contribution in [0.15, 0.2) is 41.6 Å². The first kappa shape index (κ1) is 22.3. The SMILES string of the molecule is O=C(C1CC1)N1CCC(O)(Cn2cnc3c(cnn3-c3cccc(NC4CCCC4)c3)c2=O)CC1. The quantitative estimate of drug-likeness (QED) is 0.567. The van der Waals surface area contributed by atoms with Crippen LogP contribution in [-0.2, 0) is 11.3 Å². The molecule has 0 unspecified atom stereocenters. The van der Waals surface area contributed by atoms with Gasteiger partial charge in [-0.2, -0.15) is 5.10 Å². The Labute approximate surface area is 203 Å². The first-order valence-corrected chi connectivity index (χ1v) is 12.8. The molecule has 0 bridgehead atoms. The normalized spacial score (nSPS) is 20.4. The highest BCUT2D eigenvalue weighted by molar-refractivity contribution is 5.81. The fraction of sp³-hybridized carbons (Fsp3) is 0.538. The lowest BCUT2D eigenvalue weighted by Crippen LogP contribution is -2.50. The molecule has 2 aliphatic carbocycles. The van der Waals surface area contributed by atoms with Crippen molar-refractivity contribution in [3.05, 3.63) is 47.1 Å². The summed E-state index contributed by atoms with van der Waals surface area (Å²) in [6.45, 7) is 1.21. The van der Waals surface area contributed by atoms with Crippen LogP contribution in [0.5, 0.6) is 0 Å². The Kier molecular flexibility index (Phi) is 5.59. The van der Waals surface area contributed by atoms with Gasteiger partial charge in [0.15, 0.2) is 5.65 Å². The summed E-state index contributed by atoms with van der Waals surface area (Å²) >= 11 is 0. The first-order valence-electron chi connectivity index (χ1n) is 12.8. The van der Waals surface area contributed by atoms with E-state index in [0.29, 0.717) is 43.0 Å². The number of carbonyl (C=O) groups is 1. The monoisotopic (exact) mass is 476 g/mol. The van der Waals surface area contributed by atoms with Crippen molar-refractivity contribution in [1.82, 2.24) is 24.2 Å². The van der Waals surface area contributed by atoms with Crippen molar-refractivity contribution in [3.8, 4) is 5.69 Å². The van der Waals surface area contributed by atoms with Crippen molar-refractivity contribution in [2.45, 2.75) is 69.6 Å². The average Bonchev–Trinajstić information content (AvgIpc) is 3.41. The van der Waals surface area contributed by atoms with Crippen LogP contribution in [0.3, 0.4) is 0 Å². The zero-order valence-electron chi connectivity index (χ0n) is 19.9. The molecule has 3 aliphatic rings. The van der Waals surface area contributed by atoms with Gasteiger partial charge in [0, 0.05) is 30.7 Å². The molecule has 9 heteroatoms. The van der Waals surface area contributed by atoms with Crippen molar-refractivity contribution < 1.29 is 9.90 Å². The summed E-state index contributed by atoms with van der Waals surface area (Å²) < 4.78 is 3.17. The fourth-order valence-electron chi connectivity index (χ4n) is 5.49. The average molecular weight is 477 g/mol. The van der Waals surface area contributed by atoms with Crippen LogP contribution in [0.4, 0.5) is 5.69 Å². The Balaban J connectivity index is 1.20. The van der Waals surface area contributed by atoms with Crippen LogP contribution in [-0.4, -0.2) is 60.0 Å². The summed E-state index contributed by atoms with van der Waals surface area (Å²) in [5.74, 6) is 0.397. The Morgan fingerprint density at radius 1 is 1.14 bits per heavy atom. The highest BCUT2D eigenvalue weighted by atomic mass is 16.3. The van der Waals surface area contributed by atoms with Crippen LogP contribution in [0.25, 0.3) is 16.7 Å². The molecule has 35 heavy (non-hydrogen) atoms. The molecule has 3 fully saturated rings. The van der Waals surface area contributed by atoms with Gasteiger partial charge >= 0.3 is 0 Å². The molecule has 0 spiro atoms. The molecule has 2 saturated carbocycles. The number of rotatable bonds is 6. The molecule has 0 atom stereocenters. The summed E-state index contributed by atoms with van der Waals surface area (Å²) in [6.07, 6.45) is 10.8. The van der Waals surface area contributed by atoms with E-state index in [0.717, 1.165) is 24.2 Å². The number of hydrogen-bond acceptors (Lipinski definition) is 6. The molecule has 2 N–H and O–H groups in total. The largest absolute Gasteiger partial charge is 0.388 e. The van der Waals surface area contributed by atoms with Crippen molar-refractivity contribution in [2.24, 2.45) is 5.92 Å². The highest BCUT2D eigenvalue weighted by Crippen LogP contribution is 2.33. The molecule has 1 saturated heterocycles. The van der Waals surface area contributed by atoms with Crippen LogP contribution in [0.2, 0.25) is 0 Å². The molecular weight excluding hydrogens is 444 g/mol. The Bertz CT molecular complexity index is 1300. The molecule has 3 aromatic rings. The smallest absolute Gasteiger partial charge is 0.264 e. The minimum atomic E-state index is -1.03. The molecule has 2 aromatic heterocycles. The first-order chi connectivity index (χ1) is 17.0. The molecule has 6 rings (SSSR count). The molecular formula is C26H32N6O3. The predicted octanol–water partition coefficient (Wildman–Crippen LogP) is 2.70. The Morgan fingerprint density at radius 3 is 2.66 bits per heavy atom. The summed E-state index contributed by atoms with van der Waals surface area (Å²) in [5.41, 5.74) is 1.14. The summed E-state index contributed by atoms with van der Waals surface area (Å²) in [7, 11) is 0. The predicted molar refractivity (Wildman–Crippen MR) is 132 cm³/mol. The topological polar surface area (TPSA) is 105 Å². The summed E-state index contributed by atoms with van der Waals surface area (Å²) in [4.78, 5) is 32.0. The van der Waals surface area contributed by atoms with Crippen molar-refractivity contribution >= 4 is 22.6 Å². The number of nitrogens with one attached hydrogen (secondary N) is 1. The van der Waals surface area contributed by atoms with E-state index in [1.54, 1.807) is 10.9 Å². The number of benzene rings is 1. The van der Waals surface area contributed by atoms with E-state index in [1.165, 1.54) is 36.6 Å². The van der Waals surface area contributed by atoms with Crippen LogP contribution in [0.1, 0.15) is 51.4 Å². The lowest BCUT2D eigenvalue weighted by molar-refractivity contribution is -0.137. The number of aliphatic hydroxyl groups is 1. The van der Waals surface area contributed by atoms with Gasteiger partial charge in [-0.1, -0.05) is 18.9 Å². The number of likely N-dealkylation sites (tertiary alicyclic amines) is 1. The van der Waals surface area contributed by atoms with Gasteiger partial charge in [0.25, 0.3) is 5.56 Å². The molecule has 3 heterocycles. The third-order valence-corrected chi connectivity index (χ3v) is 7.77. The van der Waals surface area contributed by atoms with E-state index < -0.39 is 5.60 Å². The second kappa shape index (κ2) is 8.78. The minimum absolute atomic E-state index is 0.159. The van der Waals surface area contributed by atoms with Gasteiger partial charge < -0.3 is 15.3 Å². The standard InChI is InChI=1S/C26H32N6O3/c33-24(18-8-9-18)30-12-10-26(35,11-13-30)16-31-17-27-23-22(25(31)34)15-28-32(23)21-7-3-6-20(14-21)29-19-4-1-2-5-19/h3,6-7,14-15,17-19,29,35H,1-2,4-5,8-13,16H2. The van der Waals surface area contributed by atoms with Crippen LogP contribution >= 0.6 is 0 Å². The van der Waals surface area contributed by atoms with E-state index in [2.05, 4.69) is 21.5 Å². The van der Waals surface area contributed by atoms with Crippen molar-refractivity contribution in [1.29, 1.82) is 0 Å². The lowest BCUT2D eigenvalue weighted by atomic mass is 9.91. The van der Waals surface area contributed by atoms with Gasteiger partial charge in [-0.15, -0.1) is 0 Å². The molecule has 1 aromatic carbocycles. The minimum Gasteiger partial charge on any atom is -0.388 e. The van der Waals surface area contributed by atoms with Gasteiger partial charge in [0.1, 0.15) is 11.7 Å². The van der Waals surface area contributed by atoms with Gasteiger partial charge in [0.2, 0.25) is 5.91 Å². The number of piperidine rings is 1. The van der Waals surface area contributed by atoms with E-state index in [-0.39, 0.29) is 23.9 Å². The van der Waals surface area contributed by atoms with Crippen LogP contribution in [0, 0.1) is 5.92 Å². The van der Waals surface area contributed by atoms with Crippen molar-refractivity contribution in [2.75, 3.05) is 18.4 Å². The van der Waals surface area contributed by atoms with E-state index in [1.807, 2.05) is 23.1 Å². The fourth-order valence-corrected chi connectivity index (χ4v) is 5.49. The summed E-state index contributed by atoms with van der Waals surface area (Å²) in [6, 6.07) is 8.54. The maximum Gasteiger partial charge on any atom is 0.264 e. The number of aromatic nitrogens is 4. The molecule has 0 radical (unpaired) electrons. The lowest BCUT2D eigenvalue weighted by Gasteiger charge is -2.38. The zero-order chi connectivity index (χ0) is 24.0. The number of fused-ring (bicyclic) bond motifs is 1. The Morgan fingerprint density at radius 2 is 1.91 bits per heavy atom. The number of carbonyl (C=O) groups excluding carboxylic acids is 1. The molecule has 184 valence electrons.